The van der Waals surface area contributed by atoms with Crippen molar-refractivity contribution in [3.05, 3.63) is 48.2 Å². The molecule has 0 bridgehead atoms. The number of hydrogen-bond donors (Lipinski definition) is 1. The van der Waals surface area contributed by atoms with Gasteiger partial charge in [-0.2, -0.15) is 0 Å². The van der Waals surface area contributed by atoms with Crippen LogP contribution in [0.3, 0.4) is 0 Å². The first-order valence-electron chi connectivity index (χ1n) is 7.31. The fourth-order valence-corrected chi connectivity index (χ4v) is 3.27. The van der Waals surface area contributed by atoms with E-state index in [1.807, 2.05) is 30.3 Å². The molecule has 122 valence electrons. The maximum atomic E-state index is 14.1. The summed E-state index contributed by atoms with van der Waals surface area (Å²) in [5.74, 6) is -0.792. The molecule has 2 saturated heterocycles. The summed E-state index contributed by atoms with van der Waals surface area (Å²) in [5, 5.41) is 9.87. The molecule has 7 heteroatoms. The van der Waals surface area contributed by atoms with Gasteiger partial charge >= 0.3 is 6.03 Å². The van der Waals surface area contributed by atoms with Crippen molar-refractivity contribution in [1.82, 2.24) is 14.9 Å². The Labute approximate surface area is 133 Å². The Balaban J connectivity index is 1.89. The fraction of sp³-hybridized carbons (Fsp3) is 0.375. The van der Waals surface area contributed by atoms with Crippen LogP contribution in [0.2, 0.25) is 0 Å². The first-order valence-corrected chi connectivity index (χ1v) is 7.31. The van der Waals surface area contributed by atoms with Gasteiger partial charge in [-0.15, -0.1) is 9.60 Å². The number of nitrogens with zero attached hydrogens (tertiary/aromatic N) is 3. The van der Waals surface area contributed by atoms with Gasteiger partial charge in [-0.3, -0.25) is 9.69 Å². The maximum Gasteiger partial charge on any atom is 0.327 e. The number of benzene rings is 1. The van der Waals surface area contributed by atoms with Crippen molar-refractivity contribution in [2.75, 3.05) is 13.6 Å². The molecule has 1 spiro atoms. The first kappa shape index (κ1) is 15.5. The Morgan fingerprint density at radius 1 is 1.39 bits per heavy atom. The summed E-state index contributed by atoms with van der Waals surface area (Å²) in [6.45, 7) is 3.21. The summed E-state index contributed by atoms with van der Waals surface area (Å²) < 4.78 is 14.1. The van der Waals surface area contributed by atoms with Gasteiger partial charge in [0.1, 0.15) is 11.3 Å². The first-order chi connectivity index (χ1) is 10.9. The van der Waals surface area contributed by atoms with Crippen molar-refractivity contribution in [3.63, 3.8) is 0 Å². The highest BCUT2D eigenvalue weighted by Gasteiger charge is 2.62. The Hall–Kier alpha value is -2.41. The minimum absolute atomic E-state index is 0.00873. The molecular formula is C16H18FN3O3. The number of carbonyl (C=O) groups is 2. The number of hydrogen-bond acceptors (Lipinski definition) is 4. The minimum Gasteiger partial charge on any atom is -0.511 e. The molecular weight excluding hydrogens is 301 g/mol. The lowest BCUT2D eigenvalue weighted by molar-refractivity contribution is -0.133. The minimum atomic E-state index is -1.29. The molecule has 0 aromatic heterocycles. The van der Waals surface area contributed by atoms with E-state index in [2.05, 4.69) is 6.58 Å². The molecule has 2 aliphatic rings. The van der Waals surface area contributed by atoms with Crippen LogP contribution in [0, 0.1) is 0 Å². The summed E-state index contributed by atoms with van der Waals surface area (Å²) in [6.07, 6.45) is -0.00873. The van der Waals surface area contributed by atoms with Crippen molar-refractivity contribution in [2.24, 2.45) is 0 Å². The molecule has 0 unspecified atom stereocenters. The molecule has 23 heavy (non-hydrogen) atoms. The van der Waals surface area contributed by atoms with E-state index in [9.17, 15) is 19.2 Å². The Morgan fingerprint density at radius 2 is 2.04 bits per heavy atom. The highest BCUT2D eigenvalue weighted by Crippen LogP contribution is 2.40. The van der Waals surface area contributed by atoms with Crippen molar-refractivity contribution < 1.29 is 19.2 Å². The average Bonchev–Trinajstić information content (AvgIpc) is 2.96. The number of halogens is 1. The topological polar surface area (TPSA) is 64.1 Å². The third-order valence-corrected chi connectivity index (χ3v) is 4.65. The zero-order valence-corrected chi connectivity index (χ0v) is 12.8. The van der Waals surface area contributed by atoms with Gasteiger partial charge in [-0.1, -0.05) is 36.9 Å². The number of carbonyl (C=O) groups excluding carboxylic acids is 2. The van der Waals surface area contributed by atoms with Crippen molar-refractivity contribution in [2.45, 2.75) is 24.5 Å². The summed E-state index contributed by atoms with van der Waals surface area (Å²) in [7, 11) is 1.49. The third kappa shape index (κ3) is 2.28. The number of amides is 3. The van der Waals surface area contributed by atoms with Crippen LogP contribution in [-0.4, -0.2) is 57.1 Å². The SMILES string of the molecule is C=C(O)[C@H]1C[C@@]2(CN1F)C(=O)N(Cc1ccccc1)C(=O)N2C. The van der Waals surface area contributed by atoms with Crippen LogP contribution in [0.15, 0.2) is 42.7 Å². The molecule has 3 amide bonds. The van der Waals surface area contributed by atoms with E-state index >= 15 is 0 Å². The summed E-state index contributed by atoms with van der Waals surface area (Å²) >= 11 is 0. The molecule has 2 fully saturated rings. The molecule has 2 aliphatic heterocycles. The monoisotopic (exact) mass is 319 g/mol. The van der Waals surface area contributed by atoms with E-state index in [0.717, 1.165) is 10.5 Å². The maximum absolute atomic E-state index is 14.1. The zero-order valence-electron chi connectivity index (χ0n) is 12.8. The summed E-state index contributed by atoms with van der Waals surface area (Å²) in [5.41, 5.74) is -0.477. The van der Waals surface area contributed by atoms with Gasteiger partial charge in [-0.05, 0) is 5.56 Å². The van der Waals surface area contributed by atoms with Crippen LogP contribution in [0.5, 0.6) is 0 Å². The van der Waals surface area contributed by atoms with Gasteiger partial charge in [0.05, 0.1) is 19.1 Å². The van der Waals surface area contributed by atoms with E-state index in [-0.39, 0.29) is 25.3 Å². The summed E-state index contributed by atoms with van der Waals surface area (Å²) in [4.78, 5) is 27.7. The highest BCUT2D eigenvalue weighted by atomic mass is 19.2. The number of aliphatic hydroxyl groups excluding tert-OH is 1. The van der Waals surface area contributed by atoms with Gasteiger partial charge < -0.3 is 10.0 Å². The highest BCUT2D eigenvalue weighted by molar-refractivity contribution is 6.07. The molecule has 0 aliphatic carbocycles. The number of imide groups is 1. The Morgan fingerprint density at radius 3 is 2.61 bits per heavy atom. The third-order valence-electron chi connectivity index (χ3n) is 4.65. The van der Waals surface area contributed by atoms with E-state index in [1.54, 1.807) is 0 Å². The van der Waals surface area contributed by atoms with Gasteiger partial charge in [0.15, 0.2) is 0 Å². The van der Waals surface area contributed by atoms with Crippen LogP contribution in [-0.2, 0) is 11.3 Å². The second-order valence-electron chi connectivity index (χ2n) is 6.02. The van der Waals surface area contributed by atoms with E-state index in [0.29, 0.717) is 5.12 Å². The van der Waals surface area contributed by atoms with Gasteiger partial charge in [0, 0.05) is 13.5 Å². The quantitative estimate of drug-likeness (QED) is 0.525. The lowest BCUT2D eigenvalue weighted by Gasteiger charge is -2.26. The lowest BCUT2D eigenvalue weighted by atomic mass is 9.94. The molecule has 1 aromatic rings. The predicted molar refractivity (Wildman–Crippen MR) is 80.9 cm³/mol. The average molecular weight is 319 g/mol. The van der Waals surface area contributed by atoms with Gasteiger partial charge in [0.25, 0.3) is 5.91 Å². The normalized spacial score (nSPS) is 28.2. The van der Waals surface area contributed by atoms with Crippen LogP contribution in [0.4, 0.5) is 9.28 Å². The second kappa shape index (κ2) is 5.34. The predicted octanol–water partition coefficient (Wildman–Crippen LogP) is 1.85. The van der Waals surface area contributed by atoms with Gasteiger partial charge in [0.2, 0.25) is 0 Å². The van der Waals surface area contributed by atoms with E-state index < -0.39 is 23.5 Å². The summed E-state index contributed by atoms with van der Waals surface area (Å²) in [6, 6.07) is 7.69. The Kier molecular flexibility index (Phi) is 3.60. The lowest BCUT2D eigenvalue weighted by Crippen LogP contribution is -2.49. The van der Waals surface area contributed by atoms with Crippen molar-refractivity contribution >= 4 is 11.9 Å². The number of urea groups is 1. The van der Waals surface area contributed by atoms with E-state index in [1.165, 1.54) is 11.9 Å². The van der Waals surface area contributed by atoms with Crippen LogP contribution < -0.4 is 0 Å². The fourth-order valence-electron chi connectivity index (χ4n) is 3.27. The molecule has 0 radical (unpaired) electrons. The number of likely N-dealkylation sites (N-methyl/N-ethyl adjacent to an activating group) is 1. The number of rotatable bonds is 3. The van der Waals surface area contributed by atoms with Crippen LogP contribution in [0.1, 0.15) is 12.0 Å². The smallest absolute Gasteiger partial charge is 0.327 e. The molecule has 2 heterocycles. The molecule has 1 N–H and O–H groups in total. The van der Waals surface area contributed by atoms with Gasteiger partial charge in [-0.25, -0.2) is 4.79 Å². The van der Waals surface area contributed by atoms with E-state index in [4.69, 9.17) is 0 Å². The molecule has 0 saturated carbocycles. The van der Waals surface area contributed by atoms with Crippen molar-refractivity contribution in [3.8, 4) is 0 Å². The standard InChI is InChI=1S/C16H18FN3O3/c1-11(21)13-8-16(10-20(13)17)14(22)19(15(23)18(16)2)9-12-6-4-3-5-7-12/h3-7,13,21H,1,8-10H2,2H3/t13-,16-/m1/s1. The molecule has 2 atom stereocenters. The largest absolute Gasteiger partial charge is 0.511 e. The van der Waals surface area contributed by atoms with Crippen LogP contribution in [0.25, 0.3) is 0 Å². The molecule has 3 rings (SSSR count). The number of aliphatic hydroxyl groups is 1. The van der Waals surface area contributed by atoms with Crippen LogP contribution >= 0.6 is 0 Å². The molecule has 1 aromatic carbocycles. The second-order valence-corrected chi connectivity index (χ2v) is 6.02. The molecule has 6 nitrogen and oxygen atoms in total. The Bertz CT molecular complexity index is 666. The van der Waals surface area contributed by atoms with Crippen molar-refractivity contribution in [1.29, 1.82) is 0 Å². The zero-order chi connectivity index (χ0) is 16.8.